The molecule has 0 atom stereocenters. The Morgan fingerprint density at radius 2 is 1.87 bits per heavy atom. The standard InChI is InChI=1S/C18H21NO3S/c1-4-22-16-10-9-15(11-17(16)21-2)19-18(20)14-7-5-13(6-8-14)12-23-3/h5-11H,4,12H2,1-3H3,(H,19,20). The lowest BCUT2D eigenvalue weighted by atomic mass is 10.1. The van der Waals surface area contributed by atoms with Crippen molar-refractivity contribution in [1.82, 2.24) is 0 Å². The lowest BCUT2D eigenvalue weighted by Crippen LogP contribution is -2.12. The monoisotopic (exact) mass is 331 g/mol. The number of rotatable bonds is 7. The van der Waals surface area contributed by atoms with Crippen molar-refractivity contribution >= 4 is 23.4 Å². The predicted octanol–water partition coefficient (Wildman–Crippen LogP) is 4.21. The highest BCUT2D eigenvalue weighted by Gasteiger charge is 2.09. The van der Waals surface area contributed by atoms with Crippen molar-refractivity contribution in [3.05, 3.63) is 53.6 Å². The van der Waals surface area contributed by atoms with Gasteiger partial charge in [-0.15, -0.1) is 0 Å². The SMILES string of the molecule is CCOc1ccc(NC(=O)c2ccc(CSC)cc2)cc1OC. The quantitative estimate of drug-likeness (QED) is 0.825. The highest BCUT2D eigenvalue weighted by atomic mass is 32.2. The normalized spacial score (nSPS) is 10.2. The molecule has 0 saturated heterocycles. The van der Waals surface area contributed by atoms with Crippen LogP contribution in [0.2, 0.25) is 0 Å². The van der Waals surface area contributed by atoms with Crippen molar-refractivity contribution in [3.8, 4) is 11.5 Å². The maximum Gasteiger partial charge on any atom is 0.255 e. The largest absolute Gasteiger partial charge is 0.493 e. The summed E-state index contributed by atoms with van der Waals surface area (Å²) >= 11 is 1.75. The van der Waals surface area contributed by atoms with Crippen molar-refractivity contribution in [1.29, 1.82) is 0 Å². The van der Waals surface area contributed by atoms with Gasteiger partial charge in [0.15, 0.2) is 11.5 Å². The Hall–Kier alpha value is -2.14. The van der Waals surface area contributed by atoms with E-state index in [9.17, 15) is 4.79 Å². The molecule has 1 N–H and O–H groups in total. The molecule has 2 aromatic rings. The number of ether oxygens (including phenoxy) is 2. The van der Waals surface area contributed by atoms with Crippen LogP contribution in [0.25, 0.3) is 0 Å². The minimum atomic E-state index is -0.146. The van der Waals surface area contributed by atoms with Crippen LogP contribution in [0.3, 0.4) is 0 Å². The molecular weight excluding hydrogens is 310 g/mol. The van der Waals surface area contributed by atoms with Gasteiger partial charge in [-0.1, -0.05) is 12.1 Å². The molecule has 0 aromatic heterocycles. The predicted molar refractivity (Wildman–Crippen MR) is 95.8 cm³/mol. The lowest BCUT2D eigenvalue weighted by molar-refractivity contribution is 0.102. The van der Waals surface area contributed by atoms with E-state index in [0.717, 1.165) is 5.75 Å². The van der Waals surface area contributed by atoms with Crippen LogP contribution < -0.4 is 14.8 Å². The summed E-state index contributed by atoms with van der Waals surface area (Å²) in [6.07, 6.45) is 2.06. The van der Waals surface area contributed by atoms with Crippen LogP contribution in [-0.2, 0) is 5.75 Å². The zero-order valence-electron chi connectivity index (χ0n) is 13.6. The van der Waals surface area contributed by atoms with Gasteiger partial charge < -0.3 is 14.8 Å². The smallest absolute Gasteiger partial charge is 0.255 e. The molecule has 0 aliphatic carbocycles. The summed E-state index contributed by atoms with van der Waals surface area (Å²) in [6, 6.07) is 13.0. The van der Waals surface area contributed by atoms with Crippen molar-refractivity contribution in [3.63, 3.8) is 0 Å². The van der Waals surface area contributed by atoms with Gasteiger partial charge in [-0.05, 0) is 43.0 Å². The fourth-order valence-corrected chi connectivity index (χ4v) is 2.67. The lowest BCUT2D eigenvalue weighted by Gasteiger charge is -2.12. The maximum atomic E-state index is 12.3. The fraction of sp³-hybridized carbons (Fsp3) is 0.278. The van der Waals surface area contributed by atoms with Crippen molar-refractivity contribution < 1.29 is 14.3 Å². The molecule has 2 aromatic carbocycles. The van der Waals surface area contributed by atoms with Crippen LogP contribution in [-0.4, -0.2) is 25.9 Å². The molecule has 0 unspecified atom stereocenters. The molecule has 5 heteroatoms. The second kappa shape index (κ2) is 8.48. The molecule has 0 aliphatic heterocycles. The first-order valence-corrected chi connectivity index (χ1v) is 8.77. The minimum Gasteiger partial charge on any atom is -0.493 e. The second-order valence-corrected chi connectivity index (χ2v) is 5.75. The third-order valence-corrected chi connectivity index (χ3v) is 3.87. The van der Waals surface area contributed by atoms with Gasteiger partial charge in [-0.25, -0.2) is 0 Å². The summed E-state index contributed by atoms with van der Waals surface area (Å²) < 4.78 is 10.8. The Morgan fingerprint density at radius 3 is 2.48 bits per heavy atom. The minimum absolute atomic E-state index is 0.146. The summed E-state index contributed by atoms with van der Waals surface area (Å²) in [6.45, 7) is 2.47. The van der Waals surface area contributed by atoms with E-state index < -0.39 is 0 Å². The molecule has 122 valence electrons. The van der Waals surface area contributed by atoms with E-state index in [2.05, 4.69) is 11.6 Å². The first-order valence-electron chi connectivity index (χ1n) is 7.38. The van der Waals surface area contributed by atoms with Crippen LogP contribution in [0.4, 0.5) is 5.69 Å². The number of thioether (sulfide) groups is 1. The third-order valence-electron chi connectivity index (χ3n) is 3.25. The number of carbonyl (C=O) groups excluding carboxylic acids is 1. The molecule has 0 saturated carbocycles. The van der Waals surface area contributed by atoms with E-state index in [4.69, 9.17) is 9.47 Å². The average Bonchev–Trinajstić information content (AvgIpc) is 2.57. The fourth-order valence-electron chi connectivity index (χ4n) is 2.14. The van der Waals surface area contributed by atoms with Gasteiger partial charge in [0.1, 0.15) is 0 Å². The highest BCUT2D eigenvalue weighted by Crippen LogP contribution is 2.30. The Balaban J connectivity index is 2.10. The van der Waals surface area contributed by atoms with E-state index in [1.165, 1.54) is 5.56 Å². The van der Waals surface area contributed by atoms with Gasteiger partial charge in [0, 0.05) is 23.1 Å². The second-order valence-electron chi connectivity index (χ2n) is 4.88. The molecule has 23 heavy (non-hydrogen) atoms. The summed E-state index contributed by atoms with van der Waals surface area (Å²) in [5.74, 6) is 2.05. The van der Waals surface area contributed by atoms with Gasteiger partial charge in [-0.3, -0.25) is 4.79 Å². The number of hydrogen-bond acceptors (Lipinski definition) is 4. The zero-order chi connectivity index (χ0) is 16.7. The maximum absolute atomic E-state index is 12.3. The molecule has 0 aliphatic rings. The Bertz CT molecular complexity index is 656. The number of carbonyl (C=O) groups is 1. The van der Waals surface area contributed by atoms with E-state index in [0.29, 0.717) is 29.4 Å². The molecule has 0 radical (unpaired) electrons. The van der Waals surface area contributed by atoms with Crippen molar-refractivity contribution in [2.45, 2.75) is 12.7 Å². The molecule has 0 bridgehead atoms. The van der Waals surface area contributed by atoms with Crippen LogP contribution >= 0.6 is 11.8 Å². The highest BCUT2D eigenvalue weighted by molar-refractivity contribution is 7.97. The van der Waals surface area contributed by atoms with Crippen LogP contribution in [0, 0.1) is 0 Å². The summed E-state index contributed by atoms with van der Waals surface area (Å²) in [4.78, 5) is 12.3. The third kappa shape index (κ3) is 4.66. The molecule has 4 nitrogen and oxygen atoms in total. The number of benzene rings is 2. The van der Waals surface area contributed by atoms with Gasteiger partial charge in [-0.2, -0.15) is 11.8 Å². The molecule has 1 amide bonds. The Kier molecular flexibility index (Phi) is 6.35. The topological polar surface area (TPSA) is 47.6 Å². The Labute approximate surface area is 141 Å². The van der Waals surface area contributed by atoms with Gasteiger partial charge in [0.2, 0.25) is 0 Å². The van der Waals surface area contributed by atoms with E-state index in [-0.39, 0.29) is 5.91 Å². The summed E-state index contributed by atoms with van der Waals surface area (Å²) in [5, 5.41) is 2.87. The van der Waals surface area contributed by atoms with E-state index in [1.54, 1.807) is 37.1 Å². The summed E-state index contributed by atoms with van der Waals surface area (Å²) in [7, 11) is 1.58. The number of nitrogens with one attached hydrogen (secondary N) is 1. The first-order chi connectivity index (χ1) is 11.2. The number of amides is 1. The van der Waals surface area contributed by atoms with Gasteiger partial charge >= 0.3 is 0 Å². The molecule has 0 heterocycles. The van der Waals surface area contributed by atoms with E-state index in [1.807, 2.05) is 31.2 Å². The number of methoxy groups -OCH3 is 1. The molecular formula is C18H21NO3S. The van der Waals surface area contributed by atoms with Gasteiger partial charge in [0.25, 0.3) is 5.91 Å². The first kappa shape index (κ1) is 17.2. The summed E-state index contributed by atoms with van der Waals surface area (Å²) in [5.41, 5.74) is 2.50. The number of hydrogen-bond donors (Lipinski definition) is 1. The zero-order valence-corrected chi connectivity index (χ0v) is 14.4. The van der Waals surface area contributed by atoms with Crippen molar-refractivity contribution in [2.75, 3.05) is 25.3 Å². The Morgan fingerprint density at radius 1 is 1.13 bits per heavy atom. The van der Waals surface area contributed by atoms with Gasteiger partial charge in [0.05, 0.1) is 13.7 Å². The van der Waals surface area contributed by atoms with Crippen LogP contribution in [0.1, 0.15) is 22.8 Å². The van der Waals surface area contributed by atoms with Crippen molar-refractivity contribution in [2.24, 2.45) is 0 Å². The molecule has 0 spiro atoms. The average molecular weight is 331 g/mol. The van der Waals surface area contributed by atoms with Crippen LogP contribution in [0.5, 0.6) is 11.5 Å². The molecule has 0 fully saturated rings. The molecule has 2 rings (SSSR count). The van der Waals surface area contributed by atoms with E-state index >= 15 is 0 Å². The number of anilines is 1. The van der Waals surface area contributed by atoms with Crippen LogP contribution in [0.15, 0.2) is 42.5 Å².